The molecular weight excluding hydrogens is 242 g/mol. The van der Waals surface area contributed by atoms with Crippen molar-refractivity contribution in [3.05, 3.63) is 58.3 Å². The first-order valence-electron chi connectivity index (χ1n) is 6.72. The van der Waals surface area contributed by atoms with Crippen molar-refractivity contribution < 1.29 is 9.66 Å². The zero-order chi connectivity index (χ0) is 13.5. The van der Waals surface area contributed by atoms with Crippen LogP contribution in [-0.4, -0.2) is 17.6 Å². The van der Waals surface area contributed by atoms with Crippen molar-refractivity contribution in [3.63, 3.8) is 0 Å². The van der Waals surface area contributed by atoms with E-state index in [0.29, 0.717) is 12.5 Å². The maximum absolute atomic E-state index is 10.1. The first kappa shape index (κ1) is 13.7. The van der Waals surface area contributed by atoms with Crippen LogP contribution in [-0.2, 0) is 4.74 Å². The highest BCUT2D eigenvalue weighted by Gasteiger charge is 2.22. The fourth-order valence-electron chi connectivity index (χ4n) is 2.61. The number of benzene rings is 1. The van der Waals surface area contributed by atoms with Gasteiger partial charge in [-0.3, -0.25) is 10.1 Å². The van der Waals surface area contributed by atoms with Gasteiger partial charge in [-0.25, -0.2) is 0 Å². The Labute approximate surface area is 113 Å². The molecule has 1 aliphatic rings. The van der Waals surface area contributed by atoms with Gasteiger partial charge in [-0.05, 0) is 37.2 Å². The average Bonchev–Trinajstić information content (AvgIpc) is 2.45. The van der Waals surface area contributed by atoms with Gasteiger partial charge < -0.3 is 4.74 Å². The maximum atomic E-state index is 10.1. The Kier molecular flexibility index (Phi) is 5.10. The Morgan fingerprint density at radius 2 is 1.89 bits per heavy atom. The lowest BCUT2D eigenvalue weighted by atomic mass is 9.83. The second-order valence-corrected chi connectivity index (χ2v) is 4.89. The van der Waals surface area contributed by atoms with Crippen LogP contribution < -0.4 is 0 Å². The quantitative estimate of drug-likeness (QED) is 0.602. The standard InChI is InChI=1S/C15H19NO3/c17-16(18)11-4-12-19-15-9-7-14(8-10-15)13-5-2-1-3-6-13/h1-6,11,14-15H,7-10,12H2. The van der Waals surface area contributed by atoms with E-state index in [0.717, 1.165) is 31.9 Å². The van der Waals surface area contributed by atoms with Gasteiger partial charge in [0.1, 0.15) is 0 Å². The number of nitrogens with zero attached hydrogens (tertiary/aromatic N) is 1. The van der Waals surface area contributed by atoms with Crippen LogP contribution in [0.1, 0.15) is 37.2 Å². The van der Waals surface area contributed by atoms with Gasteiger partial charge in [0.05, 0.1) is 17.6 Å². The van der Waals surface area contributed by atoms with E-state index in [1.54, 1.807) is 0 Å². The highest BCUT2D eigenvalue weighted by Crippen LogP contribution is 2.33. The monoisotopic (exact) mass is 261 g/mol. The second kappa shape index (κ2) is 7.04. The van der Waals surface area contributed by atoms with Crippen molar-refractivity contribution in [2.24, 2.45) is 0 Å². The van der Waals surface area contributed by atoms with E-state index in [2.05, 4.69) is 24.3 Å². The third-order valence-corrected chi connectivity index (χ3v) is 3.60. The molecule has 0 aliphatic heterocycles. The van der Waals surface area contributed by atoms with Gasteiger partial charge in [-0.1, -0.05) is 30.3 Å². The van der Waals surface area contributed by atoms with Crippen molar-refractivity contribution in [1.82, 2.24) is 0 Å². The van der Waals surface area contributed by atoms with Gasteiger partial charge in [-0.15, -0.1) is 0 Å². The molecule has 0 aromatic heterocycles. The lowest BCUT2D eigenvalue weighted by molar-refractivity contribution is -0.402. The molecule has 0 spiro atoms. The van der Waals surface area contributed by atoms with Crippen molar-refractivity contribution in [2.75, 3.05) is 6.61 Å². The molecule has 1 aromatic rings. The van der Waals surface area contributed by atoms with E-state index in [1.807, 2.05) is 6.07 Å². The summed E-state index contributed by atoms with van der Waals surface area (Å²) in [5.41, 5.74) is 1.41. The molecule has 0 amide bonds. The van der Waals surface area contributed by atoms with Crippen molar-refractivity contribution in [1.29, 1.82) is 0 Å². The van der Waals surface area contributed by atoms with Crippen molar-refractivity contribution >= 4 is 0 Å². The van der Waals surface area contributed by atoms with Gasteiger partial charge in [0, 0.05) is 6.08 Å². The van der Waals surface area contributed by atoms with Gasteiger partial charge >= 0.3 is 0 Å². The molecule has 0 atom stereocenters. The largest absolute Gasteiger partial charge is 0.374 e. The molecule has 0 saturated heterocycles. The Bertz CT molecular complexity index is 422. The van der Waals surface area contributed by atoms with Gasteiger partial charge in [0.25, 0.3) is 0 Å². The van der Waals surface area contributed by atoms with Crippen molar-refractivity contribution in [3.8, 4) is 0 Å². The Morgan fingerprint density at radius 3 is 2.53 bits per heavy atom. The molecule has 1 aromatic carbocycles. The highest BCUT2D eigenvalue weighted by molar-refractivity contribution is 5.19. The molecule has 1 saturated carbocycles. The van der Waals surface area contributed by atoms with Crippen LogP contribution in [0.15, 0.2) is 42.6 Å². The van der Waals surface area contributed by atoms with E-state index in [9.17, 15) is 10.1 Å². The highest BCUT2D eigenvalue weighted by atomic mass is 16.6. The number of ether oxygens (including phenoxy) is 1. The van der Waals surface area contributed by atoms with E-state index in [-0.39, 0.29) is 6.10 Å². The molecule has 0 unspecified atom stereocenters. The second-order valence-electron chi connectivity index (χ2n) is 4.89. The molecule has 2 rings (SSSR count). The minimum absolute atomic E-state index is 0.247. The van der Waals surface area contributed by atoms with Crippen LogP contribution in [0.5, 0.6) is 0 Å². The number of nitro groups is 1. The molecule has 1 fully saturated rings. The predicted octanol–water partition coefficient (Wildman–Crippen LogP) is 3.52. The summed E-state index contributed by atoms with van der Waals surface area (Å²) in [5, 5.41) is 10.1. The lowest BCUT2D eigenvalue weighted by Crippen LogP contribution is -2.20. The zero-order valence-corrected chi connectivity index (χ0v) is 10.9. The van der Waals surface area contributed by atoms with Crippen LogP contribution in [0.2, 0.25) is 0 Å². The molecule has 1 aliphatic carbocycles. The van der Waals surface area contributed by atoms with E-state index < -0.39 is 4.92 Å². The summed E-state index contributed by atoms with van der Waals surface area (Å²) in [7, 11) is 0. The third kappa shape index (κ3) is 4.48. The van der Waals surface area contributed by atoms with E-state index in [4.69, 9.17) is 4.74 Å². The predicted molar refractivity (Wildman–Crippen MR) is 73.5 cm³/mol. The number of hydrogen-bond acceptors (Lipinski definition) is 3. The molecular formula is C15H19NO3. The molecule has 0 heterocycles. The minimum Gasteiger partial charge on any atom is -0.374 e. The third-order valence-electron chi connectivity index (χ3n) is 3.60. The number of rotatable bonds is 5. The van der Waals surface area contributed by atoms with Gasteiger partial charge in [0.2, 0.25) is 6.20 Å². The summed E-state index contributed by atoms with van der Waals surface area (Å²) in [6.45, 7) is 0.335. The maximum Gasteiger partial charge on any atom is 0.232 e. The minimum atomic E-state index is -0.463. The summed E-state index contributed by atoms with van der Waals surface area (Å²) in [6, 6.07) is 10.6. The fourth-order valence-corrected chi connectivity index (χ4v) is 2.61. The summed E-state index contributed by atoms with van der Waals surface area (Å²) in [5.74, 6) is 0.635. The zero-order valence-electron chi connectivity index (χ0n) is 10.9. The van der Waals surface area contributed by atoms with Crippen LogP contribution in [0.4, 0.5) is 0 Å². The van der Waals surface area contributed by atoms with Crippen LogP contribution in [0.25, 0.3) is 0 Å². The first-order valence-corrected chi connectivity index (χ1v) is 6.72. The fraction of sp³-hybridized carbons (Fsp3) is 0.467. The summed E-state index contributed by atoms with van der Waals surface area (Å²) in [4.78, 5) is 9.65. The molecule has 0 bridgehead atoms. The topological polar surface area (TPSA) is 52.4 Å². The molecule has 0 radical (unpaired) electrons. The SMILES string of the molecule is O=[N+]([O-])C=CCOC1CCC(c2ccccc2)CC1. The van der Waals surface area contributed by atoms with Gasteiger partial charge in [-0.2, -0.15) is 0 Å². The molecule has 19 heavy (non-hydrogen) atoms. The van der Waals surface area contributed by atoms with Crippen molar-refractivity contribution in [2.45, 2.75) is 37.7 Å². The van der Waals surface area contributed by atoms with Gasteiger partial charge in [0.15, 0.2) is 0 Å². The molecule has 102 valence electrons. The molecule has 4 heteroatoms. The lowest BCUT2D eigenvalue weighted by Gasteiger charge is -2.28. The van der Waals surface area contributed by atoms with E-state index in [1.165, 1.54) is 11.6 Å². The first-order chi connectivity index (χ1) is 9.25. The van der Waals surface area contributed by atoms with E-state index >= 15 is 0 Å². The van der Waals surface area contributed by atoms with Crippen LogP contribution >= 0.6 is 0 Å². The summed E-state index contributed by atoms with van der Waals surface area (Å²) < 4.78 is 5.63. The molecule has 0 N–H and O–H groups in total. The van der Waals surface area contributed by atoms with Crippen LogP contribution in [0, 0.1) is 10.1 Å². The Balaban J connectivity index is 1.72. The normalized spacial score (nSPS) is 23.6. The van der Waals surface area contributed by atoms with Crippen LogP contribution in [0.3, 0.4) is 0 Å². The summed E-state index contributed by atoms with van der Waals surface area (Å²) in [6.07, 6.45) is 6.98. The Morgan fingerprint density at radius 1 is 1.21 bits per heavy atom. The average molecular weight is 261 g/mol. The molecule has 4 nitrogen and oxygen atoms in total. The Hall–Kier alpha value is -1.68. The smallest absolute Gasteiger partial charge is 0.232 e. The number of hydrogen-bond donors (Lipinski definition) is 0. The summed E-state index contributed by atoms with van der Waals surface area (Å²) >= 11 is 0.